The molecule has 0 aliphatic rings. The molecule has 0 aliphatic heterocycles. The molecule has 7 nitrogen and oxygen atoms in total. The molecule has 26 heavy (non-hydrogen) atoms. The first-order valence-electron chi connectivity index (χ1n) is 8.17. The molecule has 3 aromatic heterocycles. The van der Waals surface area contributed by atoms with Gasteiger partial charge < -0.3 is 9.30 Å². The number of fused-ring (bicyclic) bond motifs is 3. The van der Waals surface area contributed by atoms with E-state index in [-0.39, 0.29) is 11.1 Å². The number of aryl methyl sites for hydroxylation is 1. The van der Waals surface area contributed by atoms with Gasteiger partial charge in [-0.25, -0.2) is 4.52 Å². The first-order chi connectivity index (χ1) is 12.7. The van der Waals surface area contributed by atoms with Crippen molar-refractivity contribution in [1.29, 1.82) is 0 Å². The number of nitrogens with zero attached hydrogens (tertiary/aromatic N) is 5. The summed E-state index contributed by atoms with van der Waals surface area (Å²) in [7, 11) is 1.62. The summed E-state index contributed by atoms with van der Waals surface area (Å²) >= 11 is 4.19. The number of hydrogen-bond acceptors (Lipinski definition) is 6. The predicted molar refractivity (Wildman–Crippen MR) is 103 cm³/mol. The molecule has 0 saturated heterocycles. The lowest BCUT2D eigenvalue weighted by Gasteiger charge is -2.05. The summed E-state index contributed by atoms with van der Waals surface area (Å²) in [6.07, 6.45) is 1.74. The van der Waals surface area contributed by atoms with Crippen LogP contribution in [0.15, 0.2) is 47.4 Å². The summed E-state index contributed by atoms with van der Waals surface area (Å²) < 4.78 is 8.56. The fraction of sp³-hybridized carbons (Fsp3) is 0.222. The number of thiol groups is 1. The van der Waals surface area contributed by atoms with Gasteiger partial charge in [-0.3, -0.25) is 4.79 Å². The fourth-order valence-electron chi connectivity index (χ4n) is 3.05. The van der Waals surface area contributed by atoms with Gasteiger partial charge in [-0.15, -0.1) is 10.2 Å². The molecule has 0 amide bonds. The second-order valence-electron chi connectivity index (χ2n) is 5.83. The molecule has 3 heterocycles. The number of pyridine rings is 1. The molecule has 132 valence electrons. The van der Waals surface area contributed by atoms with E-state index < -0.39 is 0 Å². The number of ether oxygens (including phenoxy) is 1. The Balaban J connectivity index is 2.04. The second kappa shape index (κ2) is 6.89. The quantitative estimate of drug-likeness (QED) is 0.547. The zero-order valence-electron chi connectivity index (χ0n) is 14.2. The van der Waals surface area contributed by atoms with Crippen LogP contribution in [0.3, 0.4) is 0 Å². The standard InChI is InChI=1S/C18H17N5O2S/c1-25-11-13-15(12-5-3-2-4-6-12)17-20-19-16-14(23(17)21-13)7-8-22(9-10-26)18(16)24/h2-8,26H,9-11H2,1H3. The summed E-state index contributed by atoms with van der Waals surface area (Å²) in [5.74, 6) is 0.568. The van der Waals surface area contributed by atoms with Gasteiger partial charge in [0.2, 0.25) is 0 Å². The van der Waals surface area contributed by atoms with E-state index >= 15 is 0 Å². The maximum atomic E-state index is 12.6. The Morgan fingerprint density at radius 3 is 2.69 bits per heavy atom. The maximum absolute atomic E-state index is 12.6. The van der Waals surface area contributed by atoms with Crippen molar-refractivity contribution in [1.82, 2.24) is 24.4 Å². The molecule has 1 aromatic carbocycles. The molecule has 0 N–H and O–H groups in total. The van der Waals surface area contributed by atoms with Crippen molar-refractivity contribution in [2.24, 2.45) is 0 Å². The molecule has 8 heteroatoms. The van der Waals surface area contributed by atoms with E-state index in [1.807, 2.05) is 36.4 Å². The molecule has 0 radical (unpaired) electrons. The Kier molecular flexibility index (Phi) is 4.44. The van der Waals surface area contributed by atoms with Crippen LogP contribution in [0.2, 0.25) is 0 Å². The molecule has 4 aromatic rings. The highest BCUT2D eigenvalue weighted by Gasteiger charge is 2.19. The molecular weight excluding hydrogens is 350 g/mol. The predicted octanol–water partition coefficient (Wildman–Crippen LogP) is 2.18. The van der Waals surface area contributed by atoms with Crippen LogP contribution in [-0.2, 0) is 17.9 Å². The molecular formula is C18H17N5O2S. The number of rotatable bonds is 5. The summed E-state index contributed by atoms with van der Waals surface area (Å²) in [4.78, 5) is 12.6. The SMILES string of the molecule is COCc1nn2c(nnc3c(=O)n(CCS)ccc32)c1-c1ccccc1. The van der Waals surface area contributed by atoms with Gasteiger partial charge in [-0.1, -0.05) is 30.3 Å². The summed E-state index contributed by atoms with van der Waals surface area (Å²) in [6, 6.07) is 11.7. The van der Waals surface area contributed by atoms with Gasteiger partial charge in [-0.05, 0) is 11.6 Å². The summed E-state index contributed by atoms with van der Waals surface area (Å²) in [6.45, 7) is 0.854. The van der Waals surface area contributed by atoms with Gasteiger partial charge in [0.25, 0.3) is 5.56 Å². The molecule has 0 unspecified atom stereocenters. The van der Waals surface area contributed by atoms with Gasteiger partial charge in [0.05, 0.1) is 17.9 Å². The molecule has 0 fully saturated rings. The van der Waals surface area contributed by atoms with Crippen LogP contribution in [0.5, 0.6) is 0 Å². The van der Waals surface area contributed by atoms with Crippen molar-refractivity contribution in [3.8, 4) is 11.1 Å². The monoisotopic (exact) mass is 367 g/mol. The van der Waals surface area contributed by atoms with Crippen LogP contribution < -0.4 is 5.56 Å². The zero-order chi connectivity index (χ0) is 18.1. The first-order valence-corrected chi connectivity index (χ1v) is 8.80. The Hall–Kier alpha value is -2.71. The van der Waals surface area contributed by atoms with Crippen LogP contribution in [-0.4, -0.2) is 37.2 Å². The Bertz CT molecular complexity index is 1140. The third-order valence-corrected chi connectivity index (χ3v) is 4.41. The number of benzene rings is 1. The van der Waals surface area contributed by atoms with E-state index in [0.29, 0.717) is 30.1 Å². The lowest BCUT2D eigenvalue weighted by Crippen LogP contribution is -2.22. The molecule has 0 atom stereocenters. The Labute approximate surface area is 154 Å². The molecule has 0 saturated carbocycles. The normalized spacial score (nSPS) is 11.5. The highest BCUT2D eigenvalue weighted by atomic mass is 32.1. The highest BCUT2D eigenvalue weighted by Crippen LogP contribution is 2.28. The van der Waals surface area contributed by atoms with Crippen molar-refractivity contribution in [2.75, 3.05) is 12.9 Å². The molecule has 0 spiro atoms. The van der Waals surface area contributed by atoms with Crippen molar-refractivity contribution >= 4 is 29.3 Å². The van der Waals surface area contributed by atoms with E-state index in [4.69, 9.17) is 4.74 Å². The van der Waals surface area contributed by atoms with E-state index in [1.165, 1.54) is 0 Å². The summed E-state index contributed by atoms with van der Waals surface area (Å²) in [5, 5.41) is 13.2. The van der Waals surface area contributed by atoms with Crippen molar-refractivity contribution in [3.63, 3.8) is 0 Å². The average Bonchev–Trinajstić information content (AvgIpc) is 3.03. The smallest absolute Gasteiger partial charge is 0.280 e. The Morgan fingerprint density at radius 1 is 1.15 bits per heavy atom. The van der Waals surface area contributed by atoms with Crippen molar-refractivity contribution in [2.45, 2.75) is 13.2 Å². The second-order valence-corrected chi connectivity index (χ2v) is 6.28. The Morgan fingerprint density at radius 2 is 1.96 bits per heavy atom. The van der Waals surface area contributed by atoms with Gasteiger partial charge in [-0.2, -0.15) is 17.7 Å². The first kappa shape index (κ1) is 16.7. The molecule has 4 rings (SSSR count). The van der Waals surface area contributed by atoms with Crippen LogP contribution in [0, 0.1) is 0 Å². The van der Waals surface area contributed by atoms with Gasteiger partial charge in [0.1, 0.15) is 5.52 Å². The maximum Gasteiger partial charge on any atom is 0.280 e. The summed E-state index contributed by atoms with van der Waals surface area (Å²) in [5.41, 5.74) is 3.90. The average molecular weight is 367 g/mol. The van der Waals surface area contributed by atoms with Crippen LogP contribution in [0.25, 0.3) is 27.8 Å². The lowest BCUT2D eigenvalue weighted by atomic mass is 10.1. The minimum Gasteiger partial charge on any atom is -0.378 e. The molecule has 0 bridgehead atoms. The minimum absolute atomic E-state index is 0.198. The third-order valence-electron chi connectivity index (χ3n) is 4.21. The number of methoxy groups -OCH3 is 1. The number of aromatic nitrogens is 5. The molecule has 0 aliphatic carbocycles. The highest BCUT2D eigenvalue weighted by molar-refractivity contribution is 7.80. The minimum atomic E-state index is -0.198. The van der Waals surface area contributed by atoms with Crippen molar-refractivity contribution < 1.29 is 4.74 Å². The van der Waals surface area contributed by atoms with Crippen LogP contribution in [0.1, 0.15) is 5.69 Å². The zero-order valence-corrected chi connectivity index (χ0v) is 15.1. The van der Waals surface area contributed by atoms with Gasteiger partial charge in [0.15, 0.2) is 11.2 Å². The van der Waals surface area contributed by atoms with E-state index in [2.05, 4.69) is 27.9 Å². The van der Waals surface area contributed by atoms with E-state index in [9.17, 15) is 4.79 Å². The fourth-order valence-corrected chi connectivity index (χ4v) is 3.27. The van der Waals surface area contributed by atoms with Crippen LogP contribution in [0.4, 0.5) is 0 Å². The van der Waals surface area contributed by atoms with E-state index in [0.717, 1.165) is 16.8 Å². The number of hydrogen-bond donors (Lipinski definition) is 1. The lowest BCUT2D eigenvalue weighted by molar-refractivity contribution is 0.181. The van der Waals surface area contributed by atoms with Gasteiger partial charge in [0, 0.05) is 25.6 Å². The topological polar surface area (TPSA) is 74.3 Å². The van der Waals surface area contributed by atoms with Crippen LogP contribution >= 0.6 is 12.6 Å². The van der Waals surface area contributed by atoms with Gasteiger partial charge >= 0.3 is 0 Å². The third kappa shape index (κ3) is 2.67. The largest absolute Gasteiger partial charge is 0.378 e. The van der Waals surface area contributed by atoms with E-state index in [1.54, 1.807) is 22.4 Å². The van der Waals surface area contributed by atoms with Crippen molar-refractivity contribution in [3.05, 3.63) is 58.6 Å².